The lowest BCUT2D eigenvalue weighted by Gasteiger charge is -2.36. The van der Waals surface area contributed by atoms with Crippen molar-refractivity contribution in [3.8, 4) is 0 Å². The third kappa shape index (κ3) is 3.08. The van der Waals surface area contributed by atoms with Gasteiger partial charge in [-0.25, -0.2) is 4.39 Å². The van der Waals surface area contributed by atoms with Crippen LogP contribution in [0.2, 0.25) is 0 Å². The summed E-state index contributed by atoms with van der Waals surface area (Å²) in [7, 11) is 0. The molecule has 1 aromatic carbocycles. The third-order valence-electron chi connectivity index (χ3n) is 4.53. The Morgan fingerprint density at radius 3 is 2.54 bits per heavy atom. The Labute approximate surface area is 140 Å². The minimum Gasteiger partial charge on any atom is -0.367 e. The van der Waals surface area contributed by atoms with Crippen molar-refractivity contribution in [3.05, 3.63) is 66.5 Å². The first kappa shape index (κ1) is 15.0. The molecule has 1 saturated heterocycles. The van der Waals surface area contributed by atoms with Gasteiger partial charge in [0.1, 0.15) is 5.82 Å². The second-order valence-corrected chi connectivity index (χ2v) is 6.11. The van der Waals surface area contributed by atoms with Crippen LogP contribution in [0.15, 0.2) is 55.0 Å². The molecule has 0 atom stereocenters. The van der Waals surface area contributed by atoms with Crippen LogP contribution in [0.3, 0.4) is 0 Å². The average Bonchev–Trinajstić information content (AvgIpc) is 2.64. The molecule has 4 rings (SSSR count). The van der Waals surface area contributed by atoms with Crippen LogP contribution in [0.1, 0.15) is 5.69 Å². The molecule has 1 aliphatic heterocycles. The fourth-order valence-electron chi connectivity index (χ4n) is 3.23. The zero-order valence-electron chi connectivity index (χ0n) is 13.4. The van der Waals surface area contributed by atoms with E-state index in [1.807, 2.05) is 18.5 Å². The Kier molecular flexibility index (Phi) is 4.09. The maximum absolute atomic E-state index is 12.9. The van der Waals surface area contributed by atoms with Gasteiger partial charge in [0.25, 0.3) is 0 Å². The maximum Gasteiger partial charge on any atom is 0.141 e. The number of hydrogen-bond acceptors (Lipinski definition) is 4. The summed E-state index contributed by atoms with van der Waals surface area (Å²) < 4.78 is 12.9. The molecular weight excluding hydrogens is 303 g/mol. The van der Waals surface area contributed by atoms with Crippen LogP contribution in [0.4, 0.5) is 10.1 Å². The van der Waals surface area contributed by atoms with Gasteiger partial charge in [-0.05, 0) is 12.1 Å². The van der Waals surface area contributed by atoms with Gasteiger partial charge in [0, 0.05) is 49.7 Å². The van der Waals surface area contributed by atoms with Gasteiger partial charge in [0.15, 0.2) is 0 Å². The number of aromatic nitrogens is 2. The van der Waals surface area contributed by atoms with E-state index in [1.54, 1.807) is 6.07 Å². The van der Waals surface area contributed by atoms with E-state index in [9.17, 15) is 4.39 Å². The molecule has 4 nitrogen and oxygen atoms in total. The largest absolute Gasteiger partial charge is 0.367 e. The minimum absolute atomic E-state index is 0.285. The number of anilines is 1. The lowest BCUT2D eigenvalue weighted by Crippen LogP contribution is -2.46. The van der Waals surface area contributed by atoms with E-state index in [4.69, 9.17) is 0 Å². The molecule has 122 valence electrons. The van der Waals surface area contributed by atoms with Crippen LogP contribution in [-0.4, -0.2) is 41.0 Å². The van der Waals surface area contributed by atoms with Crippen LogP contribution in [0.25, 0.3) is 10.8 Å². The molecular formula is C19H19FN4. The molecule has 0 spiro atoms. The van der Waals surface area contributed by atoms with Crippen LogP contribution in [-0.2, 0) is 6.54 Å². The fraction of sp³-hybridized carbons (Fsp3) is 0.263. The summed E-state index contributed by atoms with van der Waals surface area (Å²) >= 11 is 0. The van der Waals surface area contributed by atoms with Gasteiger partial charge in [-0.15, -0.1) is 0 Å². The highest BCUT2D eigenvalue weighted by Crippen LogP contribution is 2.26. The van der Waals surface area contributed by atoms with E-state index < -0.39 is 0 Å². The summed E-state index contributed by atoms with van der Waals surface area (Å²) in [6, 6.07) is 11.6. The van der Waals surface area contributed by atoms with Gasteiger partial charge >= 0.3 is 0 Å². The Balaban J connectivity index is 1.45. The molecule has 0 radical (unpaired) electrons. The molecule has 3 aromatic rings. The van der Waals surface area contributed by atoms with Gasteiger partial charge in [-0.1, -0.05) is 24.3 Å². The maximum atomic E-state index is 12.9. The summed E-state index contributed by atoms with van der Waals surface area (Å²) in [5, 5.41) is 2.43. The Morgan fingerprint density at radius 1 is 0.917 bits per heavy atom. The van der Waals surface area contributed by atoms with Crippen molar-refractivity contribution in [2.24, 2.45) is 0 Å². The first-order valence-electron chi connectivity index (χ1n) is 8.20. The number of halogens is 1. The van der Waals surface area contributed by atoms with Crippen LogP contribution < -0.4 is 4.90 Å². The molecule has 0 unspecified atom stereocenters. The van der Waals surface area contributed by atoms with E-state index in [-0.39, 0.29) is 5.82 Å². The van der Waals surface area contributed by atoms with Crippen molar-refractivity contribution in [2.45, 2.75) is 6.54 Å². The standard InChI is InChI=1S/C19H19FN4/c20-16-5-6-17(22-12-16)14-23-7-9-24(10-8-23)19-13-21-11-15-3-1-2-4-18(15)19/h1-6,11-13H,7-10,14H2. The van der Waals surface area contributed by atoms with E-state index in [1.165, 1.54) is 28.7 Å². The molecule has 1 aliphatic rings. The Bertz CT molecular complexity index is 821. The zero-order chi connectivity index (χ0) is 16.4. The third-order valence-corrected chi connectivity index (χ3v) is 4.53. The number of pyridine rings is 2. The predicted molar refractivity (Wildman–Crippen MR) is 93.4 cm³/mol. The summed E-state index contributed by atoms with van der Waals surface area (Å²) in [6.07, 6.45) is 5.15. The van der Waals surface area contributed by atoms with Gasteiger partial charge in [0.05, 0.1) is 23.8 Å². The van der Waals surface area contributed by atoms with Gasteiger partial charge in [0.2, 0.25) is 0 Å². The van der Waals surface area contributed by atoms with Crippen LogP contribution in [0, 0.1) is 5.82 Å². The molecule has 0 aliphatic carbocycles. The smallest absolute Gasteiger partial charge is 0.141 e. The highest BCUT2D eigenvalue weighted by Gasteiger charge is 2.19. The number of rotatable bonds is 3. The lowest BCUT2D eigenvalue weighted by molar-refractivity contribution is 0.247. The topological polar surface area (TPSA) is 32.3 Å². The van der Waals surface area contributed by atoms with Crippen LogP contribution >= 0.6 is 0 Å². The fourth-order valence-corrected chi connectivity index (χ4v) is 3.23. The average molecular weight is 322 g/mol. The minimum atomic E-state index is -0.285. The molecule has 1 fully saturated rings. The number of piperazine rings is 1. The quantitative estimate of drug-likeness (QED) is 0.742. The number of hydrogen-bond donors (Lipinski definition) is 0. The summed E-state index contributed by atoms with van der Waals surface area (Å²) in [5.74, 6) is -0.285. The van der Waals surface area contributed by atoms with Crippen molar-refractivity contribution in [3.63, 3.8) is 0 Å². The monoisotopic (exact) mass is 322 g/mol. The second-order valence-electron chi connectivity index (χ2n) is 6.11. The van der Waals surface area contributed by atoms with E-state index in [2.05, 4.69) is 38.0 Å². The molecule has 2 aromatic heterocycles. The highest BCUT2D eigenvalue weighted by atomic mass is 19.1. The molecule has 5 heteroatoms. The Morgan fingerprint density at radius 2 is 1.75 bits per heavy atom. The van der Waals surface area contributed by atoms with E-state index in [0.29, 0.717) is 0 Å². The van der Waals surface area contributed by atoms with E-state index >= 15 is 0 Å². The molecule has 24 heavy (non-hydrogen) atoms. The number of nitrogens with zero attached hydrogens (tertiary/aromatic N) is 4. The lowest BCUT2D eigenvalue weighted by atomic mass is 10.1. The number of benzene rings is 1. The second kappa shape index (κ2) is 6.53. The molecule has 0 amide bonds. The molecule has 3 heterocycles. The highest BCUT2D eigenvalue weighted by molar-refractivity contribution is 5.93. The van der Waals surface area contributed by atoms with Crippen LogP contribution in [0.5, 0.6) is 0 Å². The van der Waals surface area contributed by atoms with Crippen molar-refractivity contribution < 1.29 is 4.39 Å². The SMILES string of the molecule is Fc1ccc(CN2CCN(c3cncc4ccccc34)CC2)nc1. The summed E-state index contributed by atoms with van der Waals surface area (Å²) in [5.41, 5.74) is 2.12. The van der Waals surface area contributed by atoms with Crippen molar-refractivity contribution in [1.29, 1.82) is 0 Å². The van der Waals surface area contributed by atoms with Gasteiger partial charge < -0.3 is 4.90 Å². The first-order chi connectivity index (χ1) is 11.8. The van der Waals surface area contributed by atoms with Crippen molar-refractivity contribution in [2.75, 3.05) is 31.1 Å². The van der Waals surface area contributed by atoms with Crippen molar-refractivity contribution in [1.82, 2.24) is 14.9 Å². The van der Waals surface area contributed by atoms with Crippen molar-refractivity contribution >= 4 is 16.5 Å². The Hall–Kier alpha value is -2.53. The number of fused-ring (bicyclic) bond motifs is 1. The summed E-state index contributed by atoms with van der Waals surface area (Å²) in [4.78, 5) is 13.3. The molecule has 0 saturated carbocycles. The van der Waals surface area contributed by atoms with E-state index in [0.717, 1.165) is 38.4 Å². The zero-order valence-corrected chi connectivity index (χ0v) is 13.4. The van der Waals surface area contributed by atoms with Gasteiger partial charge in [-0.3, -0.25) is 14.9 Å². The van der Waals surface area contributed by atoms with Gasteiger partial charge in [-0.2, -0.15) is 0 Å². The molecule has 0 N–H and O–H groups in total. The normalized spacial score (nSPS) is 15.8. The summed E-state index contributed by atoms with van der Waals surface area (Å²) in [6.45, 7) is 4.60. The first-order valence-corrected chi connectivity index (χ1v) is 8.20. The molecule has 0 bridgehead atoms. The predicted octanol–water partition coefficient (Wildman–Crippen LogP) is 3.09.